The van der Waals surface area contributed by atoms with Gasteiger partial charge in [-0.25, -0.2) is 12.2 Å². The molecule has 2 unspecified atom stereocenters. The summed E-state index contributed by atoms with van der Waals surface area (Å²) in [7, 11) is 0. The molecule has 0 fully saturated rings. The molecule has 0 saturated carbocycles. The summed E-state index contributed by atoms with van der Waals surface area (Å²) in [5, 5.41) is 0. The second-order valence-electron chi connectivity index (χ2n) is 5.32. The van der Waals surface area contributed by atoms with Gasteiger partial charge in [-0.2, -0.15) is 11.1 Å². The molecule has 2 atom stereocenters. The third-order valence-electron chi connectivity index (χ3n) is 3.90. The summed E-state index contributed by atoms with van der Waals surface area (Å²) in [5.41, 5.74) is 5.47. The maximum atomic E-state index is 3.26. The minimum absolute atomic E-state index is 0. The van der Waals surface area contributed by atoms with Crippen molar-refractivity contribution in [1.82, 2.24) is 0 Å². The Labute approximate surface area is 171 Å². The van der Waals surface area contributed by atoms with Crippen molar-refractivity contribution < 1.29 is 51.0 Å². The maximum absolute atomic E-state index is 3.26. The van der Waals surface area contributed by atoms with E-state index in [2.05, 4.69) is 86.7 Å². The van der Waals surface area contributed by atoms with E-state index in [1.54, 1.807) is 0 Å². The number of hydrogen-bond acceptors (Lipinski definition) is 0. The van der Waals surface area contributed by atoms with Gasteiger partial charge in [-0.3, -0.25) is 12.2 Å². The van der Waals surface area contributed by atoms with E-state index in [-0.39, 0.29) is 51.0 Å². The van der Waals surface area contributed by atoms with Gasteiger partial charge in [0, 0.05) is 0 Å². The number of rotatable bonds is 0. The second-order valence-corrected chi connectivity index (χ2v) is 5.32. The smallest absolute Gasteiger partial charge is 1.00 e. The Morgan fingerprint density at radius 1 is 0.652 bits per heavy atom. The van der Waals surface area contributed by atoms with Crippen LogP contribution in [0.15, 0.2) is 48.5 Å². The van der Waals surface area contributed by atoms with Crippen LogP contribution >= 0.6 is 0 Å². The Balaban J connectivity index is 0.000000372. The number of benzene rings is 2. The summed E-state index contributed by atoms with van der Waals surface area (Å²) < 4.78 is 0. The first kappa shape index (κ1) is 22.4. The summed E-state index contributed by atoms with van der Waals surface area (Å²) in [6, 6.07) is 16.9. The second kappa shape index (κ2) is 10.3. The van der Waals surface area contributed by atoms with Crippen LogP contribution in [-0.2, 0) is 26.2 Å². The van der Waals surface area contributed by atoms with Crippen molar-refractivity contribution in [3.05, 3.63) is 82.9 Å². The SMILES string of the molecule is CC1[C-]=Cc2ccccc21.CC1[C-]=Cc2ccccc21.[Cl-].[Cl-].[Zr+4]. The molecule has 4 rings (SSSR count). The van der Waals surface area contributed by atoms with E-state index in [1.807, 2.05) is 0 Å². The molecule has 0 saturated heterocycles. The predicted molar refractivity (Wildman–Crippen MR) is 85.1 cm³/mol. The van der Waals surface area contributed by atoms with Crippen LogP contribution in [0.1, 0.15) is 47.9 Å². The molecule has 0 amide bonds. The van der Waals surface area contributed by atoms with E-state index >= 15 is 0 Å². The normalized spacial score (nSPS) is 18.3. The van der Waals surface area contributed by atoms with Crippen LogP contribution < -0.4 is 24.8 Å². The van der Waals surface area contributed by atoms with Crippen molar-refractivity contribution in [3.8, 4) is 0 Å². The van der Waals surface area contributed by atoms with Gasteiger partial charge in [0.15, 0.2) is 0 Å². The molecule has 23 heavy (non-hydrogen) atoms. The van der Waals surface area contributed by atoms with E-state index < -0.39 is 0 Å². The zero-order valence-corrected chi connectivity index (χ0v) is 17.2. The molecular formula is C20H18Cl2Zr. The fraction of sp³-hybridized carbons (Fsp3) is 0.200. The molecule has 0 aromatic heterocycles. The molecule has 0 aliphatic heterocycles. The average Bonchev–Trinajstić information content (AvgIpc) is 3.05. The van der Waals surface area contributed by atoms with Crippen LogP contribution in [-0.4, -0.2) is 0 Å². The van der Waals surface area contributed by atoms with E-state index in [0.29, 0.717) is 11.8 Å². The zero-order valence-electron chi connectivity index (χ0n) is 13.2. The standard InChI is InChI=1S/2C10H9.2ClH.Zr/c2*1-8-6-7-9-4-2-3-5-10(8)9;;;/h2*2-5,7-8H,1H3;2*1H;/q2*-1;;;+4/p-2. The molecule has 0 N–H and O–H groups in total. The van der Waals surface area contributed by atoms with Crippen molar-refractivity contribution in [2.75, 3.05) is 0 Å². The quantitative estimate of drug-likeness (QED) is 0.492. The van der Waals surface area contributed by atoms with Crippen molar-refractivity contribution in [3.63, 3.8) is 0 Å². The Morgan fingerprint density at radius 3 is 1.35 bits per heavy atom. The molecule has 3 heteroatoms. The molecule has 0 bridgehead atoms. The molecule has 2 aromatic carbocycles. The third kappa shape index (κ3) is 5.18. The minimum Gasteiger partial charge on any atom is -1.00 e. The number of allylic oxidation sites excluding steroid dienone is 2. The summed E-state index contributed by atoms with van der Waals surface area (Å²) in [4.78, 5) is 0. The molecule has 0 heterocycles. The topological polar surface area (TPSA) is 0 Å². The van der Waals surface area contributed by atoms with Gasteiger partial charge in [-0.05, 0) is 0 Å². The van der Waals surface area contributed by atoms with Crippen molar-refractivity contribution in [1.29, 1.82) is 0 Å². The molecule has 0 spiro atoms. The van der Waals surface area contributed by atoms with Crippen LogP contribution in [0.25, 0.3) is 12.2 Å². The summed E-state index contributed by atoms with van der Waals surface area (Å²) >= 11 is 0. The molecule has 0 radical (unpaired) electrons. The van der Waals surface area contributed by atoms with Gasteiger partial charge in [0.05, 0.1) is 0 Å². The first-order valence-corrected chi connectivity index (χ1v) is 7.12. The first-order valence-electron chi connectivity index (χ1n) is 7.12. The average molecular weight is 420 g/mol. The zero-order chi connectivity index (χ0) is 13.9. The summed E-state index contributed by atoms with van der Waals surface area (Å²) in [6.45, 7) is 4.34. The maximum Gasteiger partial charge on any atom is 4.00 e. The van der Waals surface area contributed by atoms with Crippen molar-refractivity contribution in [2.24, 2.45) is 0 Å². The van der Waals surface area contributed by atoms with E-state index in [4.69, 9.17) is 0 Å². The van der Waals surface area contributed by atoms with Gasteiger partial charge >= 0.3 is 26.2 Å². The Morgan fingerprint density at radius 2 is 1.00 bits per heavy atom. The van der Waals surface area contributed by atoms with Crippen LogP contribution in [0.4, 0.5) is 0 Å². The first-order chi connectivity index (χ1) is 9.75. The Bertz CT molecular complexity index is 617. The van der Waals surface area contributed by atoms with Gasteiger partial charge in [0.25, 0.3) is 0 Å². The fourth-order valence-electron chi connectivity index (χ4n) is 2.68. The largest absolute Gasteiger partial charge is 4.00 e. The number of halogens is 2. The van der Waals surface area contributed by atoms with Crippen molar-refractivity contribution in [2.45, 2.75) is 25.7 Å². The molecular weight excluding hydrogens is 402 g/mol. The molecule has 2 aliphatic carbocycles. The fourth-order valence-corrected chi connectivity index (χ4v) is 2.68. The molecule has 2 aliphatic rings. The monoisotopic (exact) mass is 418 g/mol. The summed E-state index contributed by atoms with van der Waals surface area (Å²) in [6.07, 6.45) is 10.7. The molecule has 0 nitrogen and oxygen atoms in total. The predicted octanol–water partition coefficient (Wildman–Crippen LogP) is -0.754. The molecule has 116 valence electrons. The van der Waals surface area contributed by atoms with E-state index in [0.717, 1.165) is 0 Å². The van der Waals surface area contributed by atoms with Crippen LogP contribution in [0, 0.1) is 12.2 Å². The minimum atomic E-state index is 0. The third-order valence-corrected chi connectivity index (χ3v) is 3.90. The molecule has 2 aromatic rings. The van der Waals surface area contributed by atoms with Gasteiger partial charge in [0.2, 0.25) is 0 Å². The van der Waals surface area contributed by atoms with E-state index in [9.17, 15) is 0 Å². The number of fused-ring (bicyclic) bond motifs is 2. The van der Waals surface area contributed by atoms with Crippen LogP contribution in [0.2, 0.25) is 0 Å². The number of hydrogen-bond donors (Lipinski definition) is 0. The Kier molecular flexibility index (Phi) is 10.0. The van der Waals surface area contributed by atoms with Gasteiger partial charge in [-0.1, -0.05) is 62.1 Å². The van der Waals surface area contributed by atoms with Gasteiger partial charge in [-0.15, -0.1) is 23.3 Å². The van der Waals surface area contributed by atoms with Crippen molar-refractivity contribution >= 4 is 12.2 Å². The van der Waals surface area contributed by atoms with Gasteiger partial charge < -0.3 is 24.8 Å². The van der Waals surface area contributed by atoms with Crippen LogP contribution in [0.3, 0.4) is 0 Å². The Hall–Kier alpha value is -0.617. The van der Waals surface area contributed by atoms with Crippen LogP contribution in [0.5, 0.6) is 0 Å². The summed E-state index contributed by atoms with van der Waals surface area (Å²) in [5.74, 6) is 0.993. The van der Waals surface area contributed by atoms with E-state index in [1.165, 1.54) is 22.3 Å². The van der Waals surface area contributed by atoms with Gasteiger partial charge in [0.1, 0.15) is 0 Å².